The molecule has 0 aromatic heterocycles. The zero-order chi connectivity index (χ0) is 18.9. The molecule has 1 saturated carbocycles. The van der Waals surface area contributed by atoms with Crippen molar-refractivity contribution in [3.8, 4) is 0 Å². The number of piperazine rings is 1. The molecule has 1 saturated heterocycles. The van der Waals surface area contributed by atoms with E-state index in [9.17, 15) is 9.59 Å². The number of hydrogen-bond acceptors (Lipinski definition) is 3. The fraction of sp³-hybridized carbons (Fsp3) is 0.333. The number of nitrogens with zero attached hydrogens (tertiary/aromatic N) is 2. The Labute approximate surface area is 163 Å². The molecule has 6 heteroatoms. The predicted molar refractivity (Wildman–Crippen MR) is 107 cm³/mol. The summed E-state index contributed by atoms with van der Waals surface area (Å²) in [5, 5.41) is 3.60. The maximum atomic E-state index is 13.0. The van der Waals surface area contributed by atoms with Crippen LogP contribution in [0.25, 0.3) is 0 Å². The summed E-state index contributed by atoms with van der Waals surface area (Å²) in [4.78, 5) is 29.8. The van der Waals surface area contributed by atoms with Gasteiger partial charge in [-0.15, -0.1) is 0 Å². The van der Waals surface area contributed by atoms with Crippen LogP contribution in [0.4, 0.5) is 11.4 Å². The van der Waals surface area contributed by atoms with Crippen molar-refractivity contribution in [2.75, 3.05) is 36.4 Å². The molecule has 4 rings (SSSR count). The molecule has 2 amide bonds. The topological polar surface area (TPSA) is 52.7 Å². The number of carbonyl (C=O) groups is 2. The second-order valence-electron chi connectivity index (χ2n) is 7.16. The third kappa shape index (κ3) is 3.65. The first-order valence-electron chi connectivity index (χ1n) is 9.25. The third-order valence-electron chi connectivity index (χ3n) is 5.37. The lowest BCUT2D eigenvalue weighted by Gasteiger charge is -2.37. The molecular weight excluding hydrogens is 362 g/mol. The quantitative estimate of drug-likeness (QED) is 0.823. The van der Waals surface area contributed by atoms with E-state index < -0.39 is 5.41 Å². The molecular formula is C21H22ClN3O2. The van der Waals surface area contributed by atoms with E-state index in [0.717, 1.165) is 24.5 Å². The molecule has 2 aromatic carbocycles. The highest BCUT2D eigenvalue weighted by Gasteiger charge is 2.58. The highest BCUT2D eigenvalue weighted by molar-refractivity contribution is 6.30. The van der Waals surface area contributed by atoms with Crippen LogP contribution in [0.2, 0.25) is 5.02 Å². The fourth-order valence-electron chi connectivity index (χ4n) is 3.58. The standard InChI is InChI=1S/C21H22ClN3O2/c22-16-5-4-8-18(15-16)24-11-13-25(14-12-24)20(27)21(9-10-21)19(26)23-17-6-2-1-3-7-17/h1-8,15H,9-14H2,(H,23,26). The van der Waals surface area contributed by atoms with Gasteiger partial charge in [-0.05, 0) is 43.2 Å². The summed E-state index contributed by atoms with van der Waals surface area (Å²) in [6.07, 6.45) is 1.25. The van der Waals surface area contributed by atoms with Gasteiger partial charge in [-0.3, -0.25) is 9.59 Å². The molecule has 1 aliphatic heterocycles. The number of benzene rings is 2. The van der Waals surface area contributed by atoms with E-state index >= 15 is 0 Å². The number of para-hydroxylation sites is 1. The molecule has 5 nitrogen and oxygen atoms in total. The van der Waals surface area contributed by atoms with Crippen molar-refractivity contribution in [2.45, 2.75) is 12.8 Å². The first kappa shape index (κ1) is 17.9. The normalized spacial score (nSPS) is 18.1. The second kappa shape index (κ2) is 7.24. The van der Waals surface area contributed by atoms with E-state index in [1.807, 2.05) is 59.5 Å². The highest BCUT2D eigenvalue weighted by atomic mass is 35.5. The minimum Gasteiger partial charge on any atom is -0.368 e. The largest absolute Gasteiger partial charge is 0.368 e. The monoisotopic (exact) mass is 383 g/mol. The van der Waals surface area contributed by atoms with Crippen molar-refractivity contribution in [2.24, 2.45) is 5.41 Å². The van der Waals surface area contributed by atoms with Crippen molar-refractivity contribution in [1.29, 1.82) is 0 Å². The van der Waals surface area contributed by atoms with Gasteiger partial charge in [0.15, 0.2) is 0 Å². The van der Waals surface area contributed by atoms with Crippen LogP contribution in [0.3, 0.4) is 0 Å². The molecule has 2 aliphatic rings. The van der Waals surface area contributed by atoms with Gasteiger partial charge in [0, 0.05) is 42.6 Å². The molecule has 0 spiro atoms. The average molecular weight is 384 g/mol. The maximum Gasteiger partial charge on any atom is 0.240 e. The molecule has 2 fully saturated rings. The van der Waals surface area contributed by atoms with E-state index in [2.05, 4.69) is 10.2 Å². The first-order valence-corrected chi connectivity index (χ1v) is 9.63. The van der Waals surface area contributed by atoms with Crippen LogP contribution in [0, 0.1) is 5.41 Å². The van der Waals surface area contributed by atoms with Crippen molar-refractivity contribution in [3.63, 3.8) is 0 Å². The van der Waals surface area contributed by atoms with Crippen LogP contribution >= 0.6 is 11.6 Å². The number of hydrogen-bond donors (Lipinski definition) is 1. The van der Waals surface area contributed by atoms with Crippen LogP contribution in [-0.2, 0) is 9.59 Å². The minimum absolute atomic E-state index is 0.0401. The van der Waals surface area contributed by atoms with E-state index in [1.165, 1.54) is 0 Å². The van der Waals surface area contributed by atoms with Gasteiger partial charge in [-0.2, -0.15) is 0 Å². The van der Waals surface area contributed by atoms with Gasteiger partial charge in [0.05, 0.1) is 0 Å². The Morgan fingerprint density at radius 3 is 2.26 bits per heavy atom. The number of halogens is 1. The van der Waals surface area contributed by atoms with Gasteiger partial charge in [-0.1, -0.05) is 35.9 Å². The first-order chi connectivity index (χ1) is 13.1. The zero-order valence-corrected chi connectivity index (χ0v) is 15.8. The van der Waals surface area contributed by atoms with Crippen molar-refractivity contribution in [1.82, 2.24) is 4.90 Å². The summed E-state index contributed by atoms with van der Waals surface area (Å²) in [6.45, 7) is 2.71. The Balaban J connectivity index is 1.38. The van der Waals surface area contributed by atoms with Crippen molar-refractivity contribution >= 4 is 34.8 Å². The van der Waals surface area contributed by atoms with Crippen molar-refractivity contribution < 1.29 is 9.59 Å². The van der Waals surface area contributed by atoms with Gasteiger partial charge in [0.25, 0.3) is 0 Å². The summed E-state index contributed by atoms with van der Waals surface area (Å²) in [5.74, 6) is -0.224. The van der Waals surface area contributed by atoms with Crippen LogP contribution in [-0.4, -0.2) is 42.9 Å². The number of anilines is 2. The Hall–Kier alpha value is -2.53. The van der Waals surface area contributed by atoms with Gasteiger partial charge < -0.3 is 15.1 Å². The maximum absolute atomic E-state index is 13.0. The van der Waals surface area contributed by atoms with Gasteiger partial charge in [-0.25, -0.2) is 0 Å². The van der Waals surface area contributed by atoms with Crippen molar-refractivity contribution in [3.05, 3.63) is 59.6 Å². The zero-order valence-electron chi connectivity index (χ0n) is 15.0. The van der Waals surface area contributed by atoms with E-state index in [0.29, 0.717) is 31.0 Å². The Bertz CT molecular complexity index is 844. The SMILES string of the molecule is O=C(Nc1ccccc1)C1(C(=O)N2CCN(c3cccc(Cl)c3)CC2)CC1. The van der Waals surface area contributed by atoms with Gasteiger partial charge >= 0.3 is 0 Å². The molecule has 0 radical (unpaired) electrons. The molecule has 140 valence electrons. The number of carbonyl (C=O) groups excluding carboxylic acids is 2. The Morgan fingerprint density at radius 2 is 1.63 bits per heavy atom. The lowest BCUT2D eigenvalue weighted by atomic mass is 10.0. The smallest absolute Gasteiger partial charge is 0.240 e. The fourth-order valence-corrected chi connectivity index (χ4v) is 3.76. The molecule has 2 aromatic rings. The van der Waals surface area contributed by atoms with Crippen LogP contribution < -0.4 is 10.2 Å². The summed E-state index contributed by atoms with van der Waals surface area (Å²) < 4.78 is 0. The Morgan fingerprint density at radius 1 is 0.926 bits per heavy atom. The second-order valence-corrected chi connectivity index (χ2v) is 7.60. The lowest BCUT2D eigenvalue weighted by molar-refractivity contribution is -0.142. The molecule has 1 aliphatic carbocycles. The highest BCUT2D eigenvalue weighted by Crippen LogP contribution is 2.48. The summed E-state index contributed by atoms with van der Waals surface area (Å²) >= 11 is 6.08. The molecule has 1 N–H and O–H groups in total. The van der Waals surface area contributed by atoms with Gasteiger partial charge in [0.2, 0.25) is 11.8 Å². The summed E-state index contributed by atoms with van der Waals surface area (Å²) in [5.41, 5.74) is 0.915. The molecule has 0 unspecified atom stereocenters. The van der Waals surface area contributed by atoms with Gasteiger partial charge in [0.1, 0.15) is 5.41 Å². The number of rotatable bonds is 4. The molecule has 0 bridgehead atoms. The molecule has 0 atom stereocenters. The number of amides is 2. The average Bonchev–Trinajstić information content (AvgIpc) is 3.50. The summed E-state index contributed by atoms with van der Waals surface area (Å²) in [7, 11) is 0. The van der Waals surface area contributed by atoms with Crippen LogP contribution in [0.5, 0.6) is 0 Å². The molecule has 27 heavy (non-hydrogen) atoms. The Kier molecular flexibility index (Phi) is 4.79. The lowest BCUT2D eigenvalue weighted by Crippen LogP contribution is -2.52. The van der Waals surface area contributed by atoms with E-state index in [1.54, 1.807) is 0 Å². The van der Waals surface area contributed by atoms with Crippen LogP contribution in [0.15, 0.2) is 54.6 Å². The minimum atomic E-state index is -0.881. The summed E-state index contributed by atoms with van der Waals surface area (Å²) in [6, 6.07) is 17.1. The predicted octanol–water partition coefficient (Wildman–Crippen LogP) is 3.41. The van der Waals surface area contributed by atoms with E-state index in [-0.39, 0.29) is 11.8 Å². The van der Waals surface area contributed by atoms with Crippen LogP contribution in [0.1, 0.15) is 12.8 Å². The number of nitrogens with one attached hydrogen (secondary N) is 1. The molecule has 1 heterocycles. The third-order valence-corrected chi connectivity index (χ3v) is 5.60. The van der Waals surface area contributed by atoms with E-state index in [4.69, 9.17) is 11.6 Å².